The highest BCUT2D eigenvalue weighted by atomic mass is 79.9. The van der Waals surface area contributed by atoms with E-state index in [0.717, 1.165) is 10.2 Å². The summed E-state index contributed by atoms with van der Waals surface area (Å²) in [5.74, 6) is -0.131. The molecule has 1 atom stereocenters. The SMILES string of the molecule is Cc1cccc(Cn2cc(NC(=O)C(C)n3ncc(Br)c3C)cn2)c1. The standard InChI is InChI=1S/C18H20BrN5O/c1-12-5-4-6-15(7-12)10-23-11-16(8-20-23)22-18(25)14(3)24-13(2)17(19)9-21-24/h4-9,11,14H,10H2,1-3H3,(H,22,25). The van der Waals surface area contributed by atoms with E-state index in [1.807, 2.05) is 30.8 Å². The molecule has 3 aromatic rings. The number of rotatable bonds is 5. The fraction of sp³-hybridized carbons (Fsp3) is 0.278. The molecule has 3 rings (SSSR count). The van der Waals surface area contributed by atoms with Crippen molar-refractivity contribution >= 4 is 27.5 Å². The van der Waals surface area contributed by atoms with Crippen LogP contribution in [0.4, 0.5) is 5.69 Å². The van der Waals surface area contributed by atoms with Crippen LogP contribution in [0.1, 0.15) is 29.8 Å². The molecule has 6 nitrogen and oxygen atoms in total. The number of carbonyl (C=O) groups is 1. The number of halogens is 1. The fourth-order valence-electron chi connectivity index (χ4n) is 2.66. The van der Waals surface area contributed by atoms with Crippen LogP contribution < -0.4 is 5.32 Å². The number of nitrogens with one attached hydrogen (secondary N) is 1. The first-order valence-electron chi connectivity index (χ1n) is 8.02. The maximum Gasteiger partial charge on any atom is 0.249 e. The monoisotopic (exact) mass is 401 g/mol. The van der Waals surface area contributed by atoms with Crippen LogP contribution in [0.5, 0.6) is 0 Å². The molecule has 1 aromatic carbocycles. The summed E-state index contributed by atoms with van der Waals surface area (Å²) in [7, 11) is 0. The van der Waals surface area contributed by atoms with Crippen LogP contribution in [0.2, 0.25) is 0 Å². The molecule has 25 heavy (non-hydrogen) atoms. The summed E-state index contributed by atoms with van der Waals surface area (Å²) in [4.78, 5) is 12.5. The van der Waals surface area contributed by atoms with Gasteiger partial charge in [0.05, 0.1) is 34.8 Å². The molecule has 0 aliphatic heterocycles. The molecular weight excluding hydrogens is 382 g/mol. The lowest BCUT2D eigenvalue weighted by Gasteiger charge is -2.13. The van der Waals surface area contributed by atoms with E-state index in [2.05, 4.69) is 56.6 Å². The Kier molecular flexibility index (Phi) is 5.03. The van der Waals surface area contributed by atoms with Crippen molar-refractivity contribution in [3.63, 3.8) is 0 Å². The summed E-state index contributed by atoms with van der Waals surface area (Å²) in [6.45, 7) is 6.47. The first-order chi connectivity index (χ1) is 11.9. The van der Waals surface area contributed by atoms with Crippen LogP contribution in [0.3, 0.4) is 0 Å². The number of carbonyl (C=O) groups excluding carboxylic acids is 1. The summed E-state index contributed by atoms with van der Waals surface area (Å²) in [6.07, 6.45) is 5.18. The van der Waals surface area contributed by atoms with Gasteiger partial charge in [0.25, 0.3) is 0 Å². The second-order valence-electron chi connectivity index (χ2n) is 6.10. The molecule has 0 spiro atoms. The highest BCUT2D eigenvalue weighted by Crippen LogP contribution is 2.19. The molecule has 0 aliphatic carbocycles. The molecule has 2 heterocycles. The van der Waals surface area contributed by atoms with Gasteiger partial charge in [-0.1, -0.05) is 29.8 Å². The van der Waals surface area contributed by atoms with Gasteiger partial charge >= 0.3 is 0 Å². The number of amides is 1. The van der Waals surface area contributed by atoms with Crippen molar-refractivity contribution in [3.05, 3.63) is 64.1 Å². The van der Waals surface area contributed by atoms with Crippen LogP contribution in [0.25, 0.3) is 0 Å². The van der Waals surface area contributed by atoms with E-state index < -0.39 is 6.04 Å². The lowest BCUT2D eigenvalue weighted by Crippen LogP contribution is -2.25. The predicted octanol–water partition coefficient (Wildman–Crippen LogP) is 3.71. The molecule has 0 fully saturated rings. The van der Waals surface area contributed by atoms with Crippen molar-refractivity contribution in [2.45, 2.75) is 33.4 Å². The van der Waals surface area contributed by atoms with Gasteiger partial charge < -0.3 is 5.32 Å². The molecule has 1 amide bonds. The number of benzene rings is 1. The minimum atomic E-state index is -0.411. The van der Waals surface area contributed by atoms with Crippen LogP contribution >= 0.6 is 15.9 Å². The van der Waals surface area contributed by atoms with Crippen molar-refractivity contribution in [2.75, 3.05) is 5.32 Å². The Balaban J connectivity index is 1.66. The van der Waals surface area contributed by atoms with E-state index in [9.17, 15) is 4.79 Å². The first-order valence-corrected chi connectivity index (χ1v) is 8.82. The fourth-order valence-corrected chi connectivity index (χ4v) is 2.94. The van der Waals surface area contributed by atoms with Crippen LogP contribution in [0.15, 0.2) is 47.3 Å². The lowest BCUT2D eigenvalue weighted by atomic mass is 10.1. The first kappa shape index (κ1) is 17.4. The molecular formula is C18H20BrN5O. The topological polar surface area (TPSA) is 64.7 Å². The quantitative estimate of drug-likeness (QED) is 0.708. The minimum absolute atomic E-state index is 0.131. The van der Waals surface area contributed by atoms with E-state index >= 15 is 0 Å². The third kappa shape index (κ3) is 3.99. The third-order valence-electron chi connectivity index (χ3n) is 4.06. The molecule has 130 valence electrons. The zero-order valence-corrected chi connectivity index (χ0v) is 16.0. The summed E-state index contributed by atoms with van der Waals surface area (Å²) in [5.41, 5.74) is 3.98. The van der Waals surface area contributed by atoms with Crippen LogP contribution in [0, 0.1) is 13.8 Å². The predicted molar refractivity (Wildman–Crippen MR) is 101 cm³/mol. The van der Waals surface area contributed by atoms with Crippen molar-refractivity contribution in [2.24, 2.45) is 0 Å². The summed E-state index contributed by atoms with van der Waals surface area (Å²) >= 11 is 3.41. The smallest absolute Gasteiger partial charge is 0.249 e. The van der Waals surface area contributed by atoms with Gasteiger partial charge in [-0.3, -0.25) is 14.2 Å². The Morgan fingerprint density at radius 1 is 1.28 bits per heavy atom. The number of hydrogen-bond acceptors (Lipinski definition) is 3. The van der Waals surface area contributed by atoms with Gasteiger partial charge in [0.15, 0.2) is 0 Å². The van der Waals surface area contributed by atoms with Crippen molar-refractivity contribution in [1.29, 1.82) is 0 Å². The largest absolute Gasteiger partial charge is 0.322 e. The number of aryl methyl sites for hydroxylation is 1. The Hall–Kier alpha value is -2.41. The number of aromatic nitrogens is 4. The highest BCUT2D eigenvalue weighted by molar-refractivity contribution is 9.10. The van der Waals surface area contributed by atoms with Crippen LogP contribution in [-0.2, 0) is 11.3 Å². The molecule has 0 radical (unpaired) electrons. The highest BCUT2D eigenvalue weighted by Gasteiger charge is 2.19. The average molecular weight is 402 g/mol. The van der Waals surface area contributed by atoms with E-state index in [-0.39, 0.29) is 5.91 Å². The molecule has 0 bridgehead atoms. The van der Waals surface area contributed by atoms with Gasteiger partial charge in [-0.05, 0) is 42.3 Å². The summed E-state index contributed by atoms with van der Waals surface area (Å²) in [6, 6.07) is 7.87. The van der Waals surface area contributed by atoms with E-state index in [0.29, 0.717) is 12.2 Å². The molecule has 0 saturated heterocycles. The van der Waals surface area contributed by atoms with Crippen LogP contribution in [-0.4, -0.2) is 25.5 Å². The van der Waals surface area contributed by atoms with Gasteiger partial charge in [0.2, 0.25) is 5.91 Å². The van der Waals surface area contributed by atoms with Gasteiger partial charge in [-0.15, -0.1) is 0 Å². The zero-order chi connectivity index (χ0) is 18.0. The molecule has 0 aliphatic rings. The second-order valence-corrected chi connectivity index (χ2v) is 6.96. The average Bonchev–Trinajstić information content (AvgIpc) is 3.14. The van der Waals surface area contributed by atoms with E-state index in [1.54, 1.807) is 17.1 Å². The van der Waals surface area contributed by atoms with Gasteiger partial charge in [-0.2, -0.15) is 10.2 Å². The maximum absolute atomic E-state index is 12.5. The molecule has 1 N–H and O–H groups in total. The van der Waals surface area contributed by atoms with Gasteiger partial charge in [-0.25, -0.2) is 0 Å². The lowest BCUT2D eigenvalue weighted by molar-refractivity contribution is -0.119. The summed E-state index contributed by atoms with van der Waals surface area (Å²) < 4.78 is 4.39. The normalized spacial score (nSPS) is 12.2. The van der Waals surface area contributed by atoms with Gasteiger partial charge in [0, 0.05) is 6.20 Å². The molecule has 2 aromatic heterocycles. The van der Waals surface area contributed by atoms with Gasteiger partial charge in [0.1, 0.15) is 6.04 Å². The summed E-state index contributed by atoms with van der Waals surface area (Å²) in [5, 5.41) is 11.5. The van der Waals surface area contributed by atoms with E-state index in [1.165, 1.54) is 11.1 Å². The maximum atomic E-state index is 12.5. The Labute approximate surface area is 155 Å². The van der Waals surface area contributed by atoms with Crippen molar-refractivity contribution in [1.82, 2.24) is 19.6 Å². The Morgan fingerprint density at radius 3 is 2.76 bits per heavy atom. The third-order valence-corrected chi connectivity index (χ3v) is 4.84. The Morgan fingerprint density at radius 2 is 2.08 bits per heavy atom. The van der Waals surface area contributed by atoms with Crippen molar-refractivity contribution in [3.8, 4) is 0 Å². The zero-order valence-electron chi connectivity index (χ0n) is 14.4. The number of anilines is 1. The Bertz CT molecular complexity index is 899. The minimum Gasteiger partial charge on any atom is -0.322 e. The number of hydrogen-bond donors (Lipinski definition) is 1. The molecule has 7 heteroatoms. The second kappa shape index (κ2) is 7.23. The molecule has 1 unspecified atom stereocenters. The molecule has 0 saturated carbocycles. The van der Waals surface area contributed by atoms with E-state index in [4.69, 9.17) is 0 Å². The number of nitrogens with zero attached hydrogens (tertiary/aromatic N) is 4. The van der Waals surface area contributed by atoms with Crippen molar-refractivity contribution < 1.29 is 4.79 Å².